The van der Waals surface area contributed by atoms with E-state index in [1.165, 1.54) is 24.5 Å². The number of carbonyl (C=O) groups is 2. The highest BCUT2D eigenvalue weighted by atomic mass is 35.5. The molecule has 2 fully saturated rings. The lowest BCUT2D eigenvalue weighted by molar-refractivity contribution is -0.112. The first kappa shape index (κ1) is 29.6. The number of aromatic nitrogens is 2. The SMILES string of the molecule is CC(C)(C)OC(=O)N1CCC(C=CC(=O)Nc2cc3c(Nc4ccc(F)c(Cl)c4)ncnc3cc2OCC2CC2)CC1. The van der Waals surface area contributed by atoms with Gasteiger partial charge >= 0.3 is 6.09 Å². The van der Waals surface area contributed by atoms with Crippen LogP contribution in [0.4, 0.5) is 26.4 Å². The summed E-state index contributed by atoms with van der Waals surface area (Å²) in [6, 6.07) is 7.87. The number of piperidine rings is 1. The number of nitrogens with one attached hydrogen (secondary N) is 2. The Morgan fingerprint density at radius 2 is 1.88 bits per heavy atom. The number of ether oxygens (including phenoxy) is 2. The van der Waals surface area contributed by atoms with Crippen LogP contribution in [0.3, 0.4) is 0 Å². The Labute approximate surface area is 249 Å². The predicted octanol–water partition coefficient (Wildman–Crippen LogP) is 7.10. The molecule has 1 aromatic heterocycles. The van der Waals surface area contributed by atoms with Crippen LogP contribution >= 0.6 is 11.6 Å². The fourth-order valence-corrected chi connectivity index (χ4v) is 4.78. The third kappa shape index (κ3) is 7.88. The molecule has 0 atom stereocenters. The third-order valence-corrected chi connectivity index (χ3v) is 7.35. The first-order valence-electron chi connectivity index (χ1n) is 14.1. The van der Waals surface area contributed by atoms with Gasteiger partial charge in [-0.1, -0.05) is 17.7 Å². The summed E-state index contributed by atoms with van der Waals surface area (Å²) >= 11 is 5.96. The molecule has 0 radical (unpaired) electrons. The molecule has 2 aliphatic rings. The number of carbonyl (C=O) groups excluding carboxylic acids is 2. The molecule has 42 heavy (non-hydrogen) atoms. The number of hydrogen-bond donors (Lipinski definition) is 2. The molecule has 11 heteroatoms. The number of benzene rings is 2. The Hall–Kier alpha value is -3.92. The summed E-state index contributed by atoms with van der Waals surface area (Å²) in [5.41, 5.74) is 1.14. The molecule has 5 rings (SSSR count). The summed E-state index contributed by atoms with van der Waals surface area (Å²) < 4.78 is 25.2. The number of likely N-dealkylation sites (tertiary alicyclic amines) is 1. The minimum atomic E-state index is -0.534. The number of rotatable bonds is 8. The third-order valence-electron chi connectivity index (χ3n) is 7.06. The van der Waals surface area contributed by atoms with E-state index in [9.17, 15) is 14.0 Å². The molecule has 1 saturated heterocycles. The highest BCUT2D eigenvalue weighted by Crippen LogP contribution is 2.36. The smallest absolute Gasteiger partial charge is 0.410 e. The van der Waals surface area contributed by atoms with E-state index < -0.39 is 11.4 Å². The van der Waals surface area contributed by atoms with Gasteiger partial charge in [0.1, 0.15) is 29.3 Å². The van der Waals surface area contributed by atoms with E-state index in [4.69, 9.17) is 21.1 Å². The van der Waals surface area contributed by atoms with Crippen molar-refractivity contribution < 1.29 is 23.5 Å². The quantitative estimate of drug-likeness (QED) is 0.268. The molecule has 3 aromatic rings. The molecule has 0 unspecified atom stereocenters. The molecule has 2 amide bonds. The van der Waals surface area contributed by atoms with Crippen molar-refractivity contribution in [1.29, 1.82) is 0 Å². The average Bonchev–Trinajstić information content (AvgIpc) is 3.77. The summed E-state index contributed by atoms with van der Waals surface area (Å²) in [7, 11) is 0. The van der Waals surface area contributed by atoms with Crippen LogP contribution in [-0.2, 0) is 9.53 Å². The second kappa shape index (κ2) is 12.5. The maximum Gasteiger partial charge on any atom is 0.410 e. The van der Waals surface area contributed by atoms with Crippen molar-refractivity contribution in [2.75, 3.05) is 30.3 Å². The molecule has 2 heterocycles. The second-order valence-corrected chi connectivity index (χ2v) is 12.2. The Morgan fingerprint density at radius 1 is 1.12 bits per heavy atom. The first-order valence-corrected chi connectivity index (χ1v) is 14.5. The van der Waals surface area contributed by atoms with Crippen molar-refractivity contribution in [2.45, 2.75) is 52.1 Å². The van der Waals surface area contributed by atoms with Gasteiger partial charge in [0.25, 0.3) is 0 Å². The number of fused-ring (bicyclic) bond motifs is 1. The van der Waals surface area contributed by atoms with Gasteiger partial charge in [-0.2, -0.15) is 0 Å². The van der Waals surface area contributed by atoms with Crippen LogP contribution in [0, 0.1) is 17.7 Å². The monoisotopic (exact) mass is 595 g/mol. The van der Waals surface area contributed by atoms with E-state index in [0.29, 0.717) is 59.5 Å². The lowest BCUT2D eigenvalue weighted by Crippen LogP contribution is -2.41. The van der Waals surface area contributed by atoms with Crippen molar-refractivity contribution in [3.05, 3.63) is 59.7 Å². The summed E-state index contributed by atoms with van der Waals surface area (Å²) in [5.74, 6) is 0.871. The van der Waals surface area contributed by atoms with E-state index in [1.54, 1.807) is 23.1 Å². The molecule has 2 aromatic carbocycles. The van der Waals surface area contributed by atoms with Crippen molar-refractivity contribution in [3.8, 4) is 5.75 Å². The fourth-order valence-electron chi connectivity index (χ4n) is 4.60. The van der Waals surface area contributed by atoms with E-state index in [0.717, 1.165) is 25.7 Å². The average molecular weight is 596 g/mol. The van der Waals surface area contributed by atoms with Crippen LogP contribution in [0.1, 0.15) is 46.5 Å². The second-order valence-electron chi connectivity index (χ2n) is 11.7. The lowest BCUT2D eigenvalue weighted by atomic mass is 9.96. The zero-order valence-corrected chi connectivity index (χ0v) is 24.7. The number of amides is 2. The van der Waals surface area contributed by atoms with Gasteiger partial charge in [-0.3, -0.25) is 4.79 Å². The van der Waals surface area contributed by atoms with Crippen LogP contribution < -0.4 is 15.4 Å². The van der Waals surface area contributed by atoms with Gasteiger partial charge in [0.05, 0.1) is 22.8 Å². The summed E-state index contributed by atoms with van der Waals surface area (Å²) in [6.45, 7) is 7.26. The molecular weight excluding hydrogens is 561 g/mol. The van der Waals surface area contributed by atoms with Crippen molar-refractivity contribution in [3.63, 3.8) is 0 Å². The highest BCUT2D eigenvalue weighted by Gasteiger charge is 2.26. The summed E-state index contributed by atoms with van der Waals surface area (Å²) in [6.07, 6.45) is 8.28. The van der Waals surface area contributed by atoms with Gasteiger partial charge < -0.3 is 25.0 Å². The Balaban J connectivity index is 1.30. The molecule has 222 valence electrons. The van der Waals surface area contributed by atoms with Crippen LogP contribution in [-0.4, -0.2) is 52.2 Å². The summed E-state index contributed by atoms with van der Waals surface area (Å²) in [5, 5.41) is 6.75. The number of hydrogen-bond acceptors (Lipinski definition) is 7. The van der Waals surface area contributed by atoms with Crippen molar-refractivity contribution >= 4 is 51.7 Å². The van der Waals surface area contributed by atoms with Crippen LogP contribution in [0.15, 0.2) is 48.8 Å². The first-order chi connectivity index (χ1) is 20.0. The van der Waals surface area contributed by atoms with E-state index in [1.807, 2.05) is 26.8 Å². The minimum Gasteiger partial charge on any atom is -0.491 e. The maximum atomic E-state index is 13.7. The lowest BCUT2D eigenvalue weighted by Gasteiger charge is -2.32. The standard InChI is InChI=1S/C31H35ClFN5O4/c1-31(2,3)42-30(40)38-12-10-19(11-13-38)6-9-28(39)37-26-15-22-25(16-27(26)41-17-20-4-5-20)34-18-35-29(22)36-21-7-8-24(33)23(32)14-21/h6-9,14-16,18-20H,4-5,10-13,17H2,1-3H3,(H,37,39)(H,34,35,36). The Kier molecular flexibility index (Phi) is 8.82. The van der Waals surface area contributed by atoms with Gasteiger partial charge in [-0.25, -0.2) is 19.2 Å². The van der Waals surface area contributed by atoms with Crippen LogP contribution in [0.25, 0.3) is 10.9 Å². The fraction of sp³-hybridized carbons (Fsp3) is 0.419. The van der Waals surface area contributed by atoms with E-state index in [-0.39, 0.29) is 22.9 Å². The van der Waals surface area contributed by atoms with Gasteiger partial charge in [-0.15, -0.1) is 0 Å². The van der Waals surface area contributed by atoms with Gasteiger partial charge in [-0.05, 0) is 88.6 Å². The molecule has 1 aliphatic heterocycles. The summed E-state index contributed by atoms with van der Waals surface area (Å²) in [4.78, 5) is 35.8. The van der Waals surface area contributed by atoms with Crippen LogP contribution in [0.5, 0.6) is 5.75 Å². The molecular formula is C31H35ClFN5O4. The van der Waals surface area contributed by atoms with Crippen molar-refractivity contribution in [2.24, 2.45) is 11.8 Å². The molecule has 1 saturated carbocycles. The zero-order chi connectivity index (χ0) is 29.9. The van der Waals surface area contributed by atoms with Crippen molar-refractivity contribution in [1.82, 2.24) is 14.9 Å². The number of allylic oxidation sites excluding steroid dienone is 1. The van der Waals surface area contributed by atoms with Gasteiger partial charge in [0.15, 0.2) is 0 Å². The maximum absolute atomic E-state index is 13.7. The molecule has 1 aliphatic carbocycles. The predicted molar refractivity (Wildman–Crippen MR) is 161 cm³/mol. The topological polar surface area (TPSA) is 106 Å². The highest BCUT2D eigenvalue weighted by molar-refractivity contribution is 6.31. The van der Waals surface area contributed by atoms with E-state index >= 15 is 0 Å². The number of nitrogens with zero attached hydrogens (tertiary/aromatic N) is 3. The van der Waals surface area contributed by atoms with Gasteiger partial charge in [0.2, 0.25) is 5.91 Å². The Morgan fingerprint density at radius 3 is 2.57 bits per heavy atom. The normalized spacial score (nSPS) is 16.1. The number of anilines is 3. The molecule has 0 spiro atoms. The molecule has 0 bridgehead atoms. The Bertz CT molecular complexity index is 1500. The largest absolute Gasteiger partial charge is 0.491 e. The van der Waals surface area contributed by atoms with Gasteiger partial charge in [0, 0.05) is 30.2 Å². The molecule has 9 nitrogen and oxygen atoms in total. The van der Waals surface area contributed by atoms with E-state index in [2.05, 4.69) is 20.6 Å². The minimum absolute atomic E-state index is 0.00984. The molecule has 2 N–H and O–H groups in total. The van der Waals surface area contributed by atoms with Crippen LogP contribution in [0.2, 0.25) is 5.02 Å². The number of halogens is 2. The zero-order valence-electron chi connectivity index (χ0n) is 24.0.